The fourth-order valence-corrected chi connectivity index (χ4v) is 6.68. The molecule has 0 bridgehead atoms. The number of nitrogens with zero attached hydrogens (tertiary/aromatic N) is 1. The Balaban J connectivity index is 1.43. The van der Waals surface area contributed by atoms with Crippen LogP contribution in [0.25, 0.3) is 0 Å². The molecule has 2 unspecified atom stereocenters. The van der Waals surface area contributed by atoms with Gasteiger partial charge in [0, 0.05) is 12.6 Å². The van der Waals surface area contributed by atoms with Crippen LogP contribution in [0.15, 0.2) is 0 Å². The molecule has 38 heavy (non-hydrogen) atoms. The summed E-state index contributed by atoms with van der Waals surface area (Å²) >= 11 is 0. The predicted molar refractivity (Wildman–Crippen MR) is 142 cm³/mol. The number of amides is 5. The third-order valence-electron chi connectivity index (χ3n) is 9.12. The molecule has 0 radical (unpaired) electrons. The zero-order chi connectivity index (χ0) is 27.1. The first-order valence-corrected chi connectivity index (χ1v) is 14.8. The summed E-state index contributed by atoms with van der Waals surface area (Å²) < 4.78 is 0. The lowest BCUT2D eigenvalue weighted by Gasteiger charge is -2.35. The van der Waals surface area contributed by atoms with Gasteiger partial charge in [0.1, 0.15) is 12.1 Å². The van der Waals surface area contributed by atoms with E-state index in [9.17, 15) is 24.0 Å². The average Bonchev–Trinajstić information content (AvgIpc) is 3.39. The molecule has 212 valence electrons. The molecule has 10 nitrogen and oxygen atoms in total. The topological polar surface area (TPSA) is 151 Å². The Kier molecular flexibility index (Phi) is 10.0. The summed E-state index contributed by atoms with van der Waals surface area (Å²) in [6.07, 6.45) is 14.7. The number of hydrogen-bond acceptors (Lipinski definition) is 5. The molecule has 1 heterocycles. The molecule has 0 aromatic rings. The Morgan fingerprint density at radius 1 is 0.763 bits per heavy atom. The minimum Gasteiger partial charge on any atom is -0.363 e. The summed E-state index contributed by atoms with van der Waals surface area (Å²) in [5.41, 5.74) is 5.26. The molecule has 3 saturated carbocycles. The number of carbonyl (C=O) groups is 5. The third-order valence-corrected chi connectivity index (χ3v) is 9.12. The second-order valence-corrected chi connectivity index (χ2v) is 11.8. The molecule has 0 aromatic heterocycles. The molecule has 4 rings (SSSR count). The fourth-order valence-electron chi connectivity index (χ4n) is 6.68. The standard InChI is InChI=1S/C28H45N5O5/c29-25(35)24(34)21(17-18-9-7-10-18)31-26(36)22-15-8-16-33(22)27(37)23(19-11-3-1-4-12-19)32-28(38)30-20-13-5-2-6-14-20/h18-23H,1-17H2,(H2,29,35)(H,31,36)(H2,30,32,38)/t21?,22-,23?/m0/s1. The van der Waals surface area contributed by atoms with Crippen LogP contribution in [0.4, 0.5) is 4.79 Å². The third kappa shape index (κ3) is 7.26. The predicted octanol–water partition coefficient (Wildman–Crippen LogP) is 2.29. The van der Waals surface area contributed by atoms with Crippen molar-refractivity contribution in [3.63, 3.8) is 0 Å². The summed E-state index contributed by atoms with van der Waals surface area (Å²) in [6.45, 7) is 0.420. The lowest BCUT2D eigenvalue weighted by molar-refractivity contribution is -0.143. The number of likely N-dealkylation sites (tertiary alicyclic amines) is 1. The van der Waals surface area contributed by atoms with Crippen LogP contribution in [0.1, 0.15) is 103 Å². The van der Waals surface area contributed by atoms with Crippen molar-refractivity contribution in [3.05, 3.63) is 0 Å². The molecule has 0 aromatic carbocycles. The Morgan fingerprint density at radius 2 is 1.42 bits per heavy atom. The van der Waals surface area contributed by atoms with Gasteiger partial charge in [-0.2, -0.15) is 0 Å². The maximum atomic E-state index is 13.9. The molecule has 5 N–H and O–H groups in total. The highest BCUT2D eigenvalue weighted by atomic mass is 16.2. The van der Waals surface area contributed by atoms with E-state index in [-0.39, 0.29) is 29.8 Å². The quantitative estimate of drug-likeness (QED) is 0.319. The van der Waals surface area contributed by atoms with E-state index >= 15 is 0 Å². The molecule has 3 aliphatic carbocycles. The first-order chi connectivity index (χ1) is 18.3. The van der Waals surface area contributed by atoms with Crippen molar-refractivity contribution in [2.45, 2.75) is 127 Å². The van der Waals surface area contributed by atoms with Crippen LogP contribution < -0.4 is 21.7 Å². The number of nitrogens with one attached hydrogen (secondary N) is 3. The number of rotatable bonds is 10. The fraction of sp³-hybridized carbons (Fsp3) is 0.821. The van der Waals surface area contributed by atoms with Crippen molar-refractivity contribution in [3.8, 4) is 0 Å². The van der Waals surface area contributed by atoms with Crippen molar-refractivity contribution in [2.24, 2.45) is 17.6 Å². The second-order valence-electron chi connectivity index (χ2n) is 11.8. The minimum atomic E-state index is -1.06. The zero-order valence-electron chi connectivity index (χ0n) is 22.6. The van der Waals surface area contributed by atoms with E-state index in [1.807, 2.05) is 0 Å². The summed E-state index contributed by atoms with van der Waals surface area (Å²) in [6, 6.07) is -2.57. The van der Waals surface area contributed by atoms with Gasteiger partial charge in [-0.15, -0.1) is 0 Å². The zero-order valence-corrected chi connectivity index (χ0v) is 22.6. The van der Waals surface area contributed by atoms with Crippen molar-refractivity contribution in [2.75, 3.05) is 6.54 Å². The van der Waals surface area contributed by atoms with Gasteiger partial charge in [0.2, 0.25) is 17.6 Å². The maximum absolute atomic E-state index is 13.9. The van der Waals surface area contributed by atoms with Gasteiger partial charge in [0.15, 0.2) is 0 Å². The largest absolute Gasteiger partial charge is 0.363 e. The molecule has 3 atom stereocenters. The molecular weight excluding hydrogens is 486 g/mol. The lowest BCUT2D eigenvalue weighted by Crippen LogP contribution is -2.59. The van der Waals surface area contributed by atoms with E-state index in [0.29, 0.717) is 25.8 Å². The van der Waals surface area contributed by atoms with Crippen molar-refractivity contribution in [1.29, 1.82) is 0 Å². The van der Waals surface area contributed by atoms with Crippen molar-refractivity contribution >= 4 is 29.5 Å². The second kappa shape index (κ2) is 13.4. The van der Waals surface area contributed by atoms with E-state index < -0.39 is 35.7 Å². The van der Waals surface area contributed by atoms with Crippen LogP contribution in [0, 0.1) is 11.8 Å². The first kappa shape index (κ1) is 28.4. The highest BCUT2D eigenvalue weighted by Crippen LogP contribution is 2.32. The number of carbonyl (C=O) groups excluding carboxylic acids is 5. The monoisotopic (exact) mass is 531 g/mol. The number of urea groups is 1. The first-order valence-electron chi connectivity index (χ1n) is 14.8. The van der Waals surface area contributed by atoms with Crippen LogP contribution in [0.5, 0.6) is 0 Å². The summed E-state index contributed by atoms with van der Waals surface area (Å²) in [5.74, 6) is -2.19. The molecule has 0 spiro atoms. The number of ketones is 1. The summed E-state index contributed by atoms with van der Waals surface area (Å²) in [4.78, 5) is 65.9. The van der Waals surface area contributed by atoms with E-state index in [1.54, 1.807) is 4.90 Å². The van der Waals surface area contributed by atoms with Gasteiger partial charge in [0.25, 0.3) is 5.91 Å². The normalized spacial score (nSPS) is 24.6. The van der Waals surface area contributed by atoms with Gasteiger partial charge in [-0.25, -0.2) is 4.79 Å². The highest BCUT2D eigenvalue weighted by Gasteiger charge is 2.42. The van der Waals surface area contributed by atoms with Gasteiger partial charge in [0.05, 0.1) is 6.04 Å². The van der Waals surface area contributed by atoms with Crippen LogP contribution in [-0.2, 0) is 19.2 Å². The van der Waals surface area contributed by atoms with Gasteiger partial charge in [-0.3, -0.25) is 19.2 Å². The average molecular weight is 532 g/mol. The van der Waals surface area contributed by atoms with Gasteiger partial charge in [-0.05, 0) is 56.8 Å². The molecule has 4 fully saturated rings. The van der Waals surface area contributed by atoms with Gasteiger partial charge >= 0.3 is 6.03 Å². The van der Waals surface area contributed by atoms with Crippen LogP contribution >= 0.6 is 0 Å². The molecular formula is C28H45N5O5. The molecule has 1 saturated heterocycles. The SMILES string of the molecule is NC(=O)C(=O)C(CC1CCC1)NC(=O)[C@@H]1CCCN1C(=O)C(NC(=O)NC1CCCCC1)C1CCCCC1. The van der Waals surface area contributed by atoms with Crippen molar-refractivity contribution < 1.29 is 24.0 Å². The number of Topliss-reactive ketones (excluding diaryl/α,β-unsaturated/α-hetero) is 1. The molecule has 1 aliphatic heterocycles. The Labute approximate surface area is 225 Å². The Morgan fingerprint density at radius 3 is 2.03 bits per heavy atom. The number of primary amides is 1. The maximum Gasteiger partial charge on any atom is 0.315 e. The van der Waals surface area contributed by atoms with Crippen molar-refractivity contribution in [1.82, 2.24) is 20.9 Å². The smallest absolute Gasteiger partial charge is 0.315 e. The summed E-state index contributed by atoms with van der Waals surface area (Å²) in [7, 11) is 0. The van der Waals surface area contributed by atoms with E-state index in [0.717, 1.165) is 77.0 Å². The molecule has 4 aliphatic rings. The summed E-state index contributed by atoms with van der Waals surface area (Å²) in [5, 5.41) is 8.82. The van der Waals surface area contributed by atoms with Gasteiger partial charge < -0.3 is 26.6 Å². The highest BCUT2D eigenvalue weighted by molar-refractivity contribution is 6.37. The van der Waals surface area contributed by atoms with E-state index in [2.05, 4.69) is 16.0 Å². The van der Waals surface area contributed by atoms with Gasteiger partial charge in [-0.1, -0.05) is 57.8 Å². The number of hydrogen-bond donors (Lipinski definition) is 4. The van der Waals surface area contributed by atoms with Crippen LogP contribution in [0.2, 0.25) is 0 Å². The van der Waals surface area contributed by atoms with E-state index in [1.165, 1.54) is 6.42 Å². The molecule has 5 amide bonds. The number of nitrogens with two attached hydrogens (primary N) is 1. The Hall–Kier alpha value is -2.65. The molecule has 10 heteroatoms. The Bertz CT molecular complexity index is 879. The lowest BCUT2D eigenvalue weighted by atomic mass is 9.80. The van der Waals surface area contributed by atoms with Crippen LogP contribution in [0.3, 0.4) is 0 Å². The van der Waals surface area contributed by atoms with E-state index in [4.69, 9.17) is 5.73 Å². The van der Waals surface area contributed by atoms with Crippen LogP contribution in [-0.4, -0.2) is 65.1 Å². The minimum absolute atomic E-state index is 0.0282.